The van der Waals surface area contributed by atoms with Gasteiger partial charge in [0.25, 0.3) is 0 Å². The Labute approximate surface area is 147 Å². The molecule has 6 unspecified atom stereocenters. The van der Waals surface area contributed by atoms with Crippen molar-refractivity contribution in [2.24, 2.45) is 22.7 Å². The summed E-state index contributed by atoms with van der Waals surface area (Å²) < 4.78 is 5.56. The summed E-state index contributed by atoms with van der Waals surface area (Å²) in [5.74, 6) is 0.839. The zero-order valence-corrected chi connectivity index (χ0v) is 15.9. The van der Waals surface area contributed by atoms with Crippen LogP contribution in [0.5, 0.6) is 0 Å². The molecule has 3 nitrogen and oxygen atoms in total. The summed E-state index contributed by atoms with van der Waals surface area (Å²) in [6.07, 6.45) is 9.29. The van der Waals surface area contributed by atoms with E-state index >= 15 is 0 Å². The zero-order valence-electron chi connectivity index (χ0n) is 13.8. The van der Waals surface area contributed by atoms with E-state index < -0.39 is 5.60 Å². The molecular formula is C18H27IO3. The summed E-state index contributed by atoms with van der Waals surface area (Å²) >= 11 is 2.18. The lowest BCUT2D eigenvalue weighted by atomic mass is 9.66. The van der Waals surface area contributed by atoms with Crippen molar-refractivity contribution < 1.29 is 14.6 Å². The molecule has 0 heterocycles. The van der Waals surface area contributed by atoms with Gasteiger partial charge in [0.05, 0.1) is 12.2 Å². The van der Waals surface area contributed by atoms with Gasteiger partial charge >= 0.3 is 5.97 Å². The first kappa shape index (κ1) is 16.7. The average molecular weight is 418 g/mol. The summed E-state index contributed by atoms with van der Waals surface area (Å²) in [7, 11) is 0. The molecule has 22 heavy (non-hydrogen) atoms. The van der Waals surface area contributed by atoms with Gasteiger partial charge < -0.3 is 9.84 Å². The second kappa shape index (κ2) is 5.47. The van der Waals surface area contributed by atoms with Crippen molar-refractivity contribution in [3.05, 3.63) is 12.2 Å². The van der Waals surface area contributed by atoms with Crippen LogP contribution in [0.3, 0.4) is 0 Å². The molecule has 0 aromatic rings. The predicted molar refractivity (Wildman–Crippen MR) is 94.8 cm³/mol. The van der Waals surface area contributed by atoms with Crippen LogP contribution >= 0.6 is 22.6 Å². The number of aliphatic hydroxyl groups is 1. The third kappa shape index (κ3) is 2.97. The molecule has 4 heteroatoms. The second-order valence-corrected chi connectivity index (χ2v) is 9.73. The highest BCUT2D eigenvalue weighted by molar-refractivity contribution is 14.1. The standard InChI is InChI=1S/C18H27IO3/c1-4-5-12(2)14(19)15(20)22-11-17-6-13-7-18(13,10-17)9-16(3,21)8-17/h4-5,12-14,21H,6-11H2,1-3H3/b5-4-. The van der Waals surface area contributed by atoms with Crippen LogP contribution in [0.4, 0.5) is 0 Å². The maximum atomic E-state index is 12.3. The number of allylic oxidation sites excluding steroid dienone is 2. The Hall–Kier alpha value is -0.100. The molecule has 0 saturated heterocycles. The van der Waals surface area contributed by atoms with Crippen molar-refractivity contribution in [1.82, 2.24) is 0 Å². The number of alkyl halides is 1. The van der Waals surface area contributed by atoms with Crippen LogP contribution in [0.25, 0.3) is 0 Å². The van der Waals surface area contributed by atoms with Crippen LogP contribution in [0.2, 0.25) is 0 Å². The molecule has 1 spiro atoms. The molecule has 2 bridgehead atoms. The van der Waals surface area contributed by atoms with Gasteiger partial charge in [-0.05, 0) is 63.2 Å². The van der Waals surface area contributed by atoms with Gasteiger partial charge in [0.15, 0.2) is 0 Å². The van der Waals surface area contributed by atoms with E-state index in [9.17, 15) is 9.90 Å². The average Bonchev–Trinajstić information content (AvgIpc) is 2.96. The number of fused-ring (bicyclic) bond motifs is 1. The van der Waals surface area contributed by atoms with Crippen LogP contribution in [-0.4, -0.2) is 27.2 Å². The quantitative estimate of drug-likeness (QED) is 0.319. The molecule has 0 amide bonds. The van der Waals surface area contributed by atoms with Crippen LogP contribution in [0.15, 0.2) is 12.2 Å². The second-order valence-electron chi connectivity index (χ2n) is 8.39. The maximum Gasteiger partial charge on any atom is 0.319 e. The molecule has 3 aliphatic carbocycles. The first-order chi connectivity index (χ1) is 10.2. The van der Waals surface area contributed by atoms with Crippen LogP contribution in [0.1, 0.15) is 52.9 Å². The minimum absolute atomic E-state index is 0.0283. The molecule has 3 rings (SSSR count). The summed E-state index contributed by atoms with van der Waals surface area (Å²) in [5.41, 5.74) is -0.186. The number of rotatable bonds is 5. The van der Waals surface area contributed by atoms with E-state index in [0.29, 0.717) is 12.0 Å². The van der Waals surface area contributed by atoms with Crippen molar-refractivity contribution in [3.63, 3.8) is 0 Å². The summed E-state index contributed by atoms with van der Waals surface area (Å²) in [6, 6.07) is 0. The number of carbonyl (C=O) groups excluding carboxylic acids is 1. The minimum atomic E-state index is -0.585. The number of hydrogen-bond donors (Lipinski definition) is 1. The molecule has 124 valence electrons. The molecule has 0 aromatic carbocycles. The molecule has 1 N–H and O–H groups in total. The SMILES string of the molecule is C/C=C\C(C)C(I)C(=O)OCC12CC3CC3(CC(C)(O)C1)C2. The predicted octanol–water partition coefficient (Wildman–Crippen LogP) is 3.88. The fraction of sp³-hybridized carbons (Fsp3) is 0.833. The van der Waals surface area contributed by atoms with E-state index in [1.807, 2.05) is 32.9 Å². The van der Waals surface area contributed by atoms with Gasteiger partial charge in [0, 0.05) is 5.41 Å². The highest BCUT2D eigenvalue weighted by Crippen LogP contribution is 2.76. The van der Waals surface area contributed by atoms with Gasteiger partial charge in [0.2, 0.25) is 0 Å². The van der Waals surface area contributed by atoms with Crippen molar-refractivity contribution in [2.75, 3.05) is 6.61 Å². The Morgan fingerprint density at radius 2 is 2.14 bits per heavy atom. The molecule has 0 aromatic heterocycles. The maximum absolute atomic E-state index is 12.3. The first-order valence-electron chi connectivity index (χ1n) is 8.37. The van der Waals surface area contributed by atoms with Crippen LogP contribution < -0.4 is 0 Å². The van der Waals surface area contributed by atoms with Crippen LogP contribution in [-0.2, 0) is 9.53 Å². The lowest BCUT2D eigenvalue weighted by Crippen LogP contribution is -2.44. The molecule has 0 radical (unpaired) electrons. The third-order valence-electron chi connectivity index (χ3n) is 5.96. The van der Waals surface area contributed by atoms with E-state index in [2.05, 4.69) is 22.6 Å². The van der Waals surface area contributed by atoms with Gasteiger partial charge in [-0.15, -0.1) is 0 Å². The number of esters is 1. The van der Waals surface area contributed by atoms with Crippen molar-refractivity contribution in [3.8, 4) is 0 Å². The Balaban J connectivity index is 1.61. The smallest absolute Gasteiger partial charge is 0.319 e. The molecule has 3 saturated carbocycles. The van der Waals surface area contributed by atoms with Gasteiger partial charge in [0.1, 0.15) is 3.92 Å². The third-order valence-corrected chi connectivity index (χ3v) is 7.60. The highest BCUT2D eigenvalue weighted by atomic mass is 127. The number of halogens is 1. The lowest BCUT2D eigenvalue weighted by molar-refractivity contribution is -0.151. The normalized spacial score (nSPS) is 45.4. The Morgan fingerprint density at radius 3 is 2.82 bits per heavy atom. The number of carbonyl (C=O) groups is 1. The molecule has 6 atom stereocenters. The van der Waals surface area contributed by atoms with Gasteiger partial charge in [-0.3, -0.25) is 4.79 Å². The van der Waals surface area contributed by atoms with E-state index in [1.165, 1.54) is 6.42 Å². The van der Waals surface area contributed by atoms with Crippen LogP contribution in [0, 0.1) is 22.7 Å². The number of hydrogen-bond acceptors (Lipinski definition) is 3. The summed E-state index contributed by atoms with van der Waals surface area (Å²) in [5, 5.41) is 10.6. The Morgan fingerprint density at radius 1 is 1.41 bits per heavy atom. The summed E-state index contributed by atoms with van der Waals surface area (Å²) in [4.78, 5) is 12.3. The highest BCUT2D eigenvalue weighted by Gasteiger charge is 2.70. The molecule has 3 fully saturated rings. The van der Waals surface area contributed by atoms with Crippen molar-refractivity contribution in [2.45, 2.75) is 62.4 Å². The number of ether oxygens (including phenoxy) is 1. The largest absolute Gasteiger partial charge is 0.464 e. The Kier molecular flexibility index (Phi) is 4.16. The summed E-state index contributed by atoms with van der Waals surface area (Å²) in [6.45, 7) is 6.46. The van der Waals surface area contributed by atoms with Gasteiger partial charge in [-0.2, -0.15) is 0 Å². The minimum Gasteiger partial charge on any atom is -0.464 e. The van der Waals surface area contributed by atoms with Crippen molar-refractivity contribution in [1.29, 1.82) is 0 Å². The Bertz CT molecular complexity index is 501. The monoisotopic (exact) mass is 418 g/mol. The topological polar surface area (TPSA) is 46.5 Å². The molecule has 3 aliphatic rings. The van der Waals surface area contributed by atoms with E-state index in [0.717, 1.165) is 31.6 Å². The van der Waals surface area contributed by atoms with Crippen molar-refractivity contribution >= 4 is 28.6 Å². The zero-order chi connectivity index (χ0) is 16.2. The fourth-order valence-electron chi connectivity index (χ4n) is 5.40. The van der Waals surface area contributed by atoms with E-state index in [-0.39, 0.29) is 21.2 Å². The van der Waals surface area contributed by atoms with E-state index in [4.69, 9.17) is 4.74 Å². The first-order valence-corrected chi connectivity index (χ1v) is 9.61. The lowest BCUT2D eigenvalue weighted by Gasteiger charge is -2.44. The van der Waals surface area contributed by atoms with Gasteiger partial charge in [-0.1, -0.05) is 41.7 Å². The molecular weight excluding hydrogens is 391 g/mol. The fourth-order valence-corrected chi connectivity index (χ4v) is 5.82. The molecule has 0 aliphatic heterocycles. The van der Waals surface area contributed by atoms with Gasteiger partial charge in [-0.25, -0.2) is 0 Å². The van der Waals surface area contributed by atoms with E-state index in [1.54, 1.807) is 0 Å².